The molecule has 0 radical (unpaired) electrons. The van der Waals surface area contributed by atoms with E-state index in [9.17, 15) is 4.79 Å². The van der Waals surface area contributed by atoms with Gasteiger partial charge in [-0.2, -0.15) is 0 Å². The normalized spacial score (nSPS) is 11.0. The Morgan fingerprint density at radius 3 is 2.12 bits per heavy atom. The van der Waals surface area contributed by atoms with Crippen LogP contribution in [0.15, 0.2) is 53.3 Å². The van der Waals surface area contributed by atoms with E-state index in [-0.39, 0.29) is 5.56 Å². The van der Waals surface area contributed by atoms with E-state index in [1.165, 1.54) is 4.68 Å². The molecule has 0 unspecified atom stereocenters. The van der Waals surface area contributed by atoms with Crippen molar-refractivity contribution in [1.29, 1.82) is 0 Å². The minimum atomic E-state index is -0.0638. The molecule has 0 spiro atoms. The molecule has 2 aromatic carbocycles. The average Bonchev–Trinajstić information content (AvgIpc) is 2.98. The third-order valence-corrected chi connectivity index (χ3v) is 3.88. The molecule has 0 bridgehead atoms. The van der Waals surface area contributed by atoms with Gasteiger partial charge in [-0.15, -0.1) is 0 Å². The van der Waals surface area contributed by atoms with Crippen molar-refractivity contribution in [2.45, 2.75) is 6.92 Å². The van der Waals surface area contributed by atoms with E-state index in [0.717, 1.165) is 22.5 Å². The highest BCUT2D eigenvalue weighted by molar-refractivity contribution is 5.71. The average molecular weight is 336 g/mol. The predicted octanol–water partition coefficient (Wildman–Crippen LogP) is 3.66. The van der Waals surface area contributed by atoms with Gasteiger partial charge in [-0.1, -0.05) is 30.4 Å². The number of hydrogen-bond acceptors (Lipinski definition) is 3. The molecule has 0 amide bonds. The number of nitrogens with one attached hydrogen (secondary N) is 1. The molecular weight excluding hydrogens is 316 g/mol. The van der Waals surface area contributed by atoms with Crippen molar-refractivity contribution in [3.8, 4) is 17.2 Å². The number of hydrogen-bond donors (Lipinski definition) is 1. The van der Waals surface area contributed by atoms with Crippen LogP contribution in [0.2, 0.25) is 0 Å². The minimum absolute atomic E-state index is 0.0638. The number of aromatic nitrogens is 2. The summed E-state index contributed by atoms with van der Waals surface area (Å²) < 4.78 is 12.1. The van der Waals surface area contributed by atoms with E-state index in [1.54, 1.807) is 20.3 Å². The van der Waals surface area contributed by atoms with Gasteiger partial charge in [0.1, 0.15) is 0 Å². The second-order valence-corrected chi connectivity index (χ2v) is 5.65. The number of aryl methyl sites for hydroxylation is 1. The van der Waals surface area contributed by atoms with Gasteiger partial charge in [0.2, 0.25) is 0 Å². The van der Waals surface area contributed by atoms with Crippen LogP contribution in [-0.2, 0) is 0 Å². The molecule has 0 aliphatic carbocycles. The number of benzene rings is 2. The molecule has 3 rings (SSSR count). The largest absolute Gasteiger partial charge is 0.493 e. The lowest BCUT2D eigenvalue weighted by atomic mass is 10.1. The van der Waals surface area contributed by atoms with Crippen molar-refractivity contribution in [1.82, 2.24) is 9.78 Å². The van der Waals surface area contributed by atoms with Gasteiger partial charge >= 0.3 is 0 Å². The lowest BCUT2D eigenvalue weighted by Crippen LogP contribution is -2.13. The maximum Gasteiger partial charge on any atom is 0.271 e. The van der Waals surface area contributed by atoms with Crippen LogP contribution in [0.4, 0.5) is 0 Å². The number of ether oxygens (including phenoxy) is 2. The number of methoxy groups -OCH3 is 2. The molecule has 5 nitrogen and oxygen atoms in total. The maximum atomic E-state index is 11.8. The first-order valence-electron chi connectivity index (χ1n) is 7.90. The first-order valence-corrected chi connectivity index (χ1v) is 7.90. The Morgan fingerprint density at radius 1 is 0.880 bits per heavy atom. The van der Waals surface area contributed by atoms with E-state index in [1.807, 2.05) is 61.5 Å². The molecule has 0 atom stereocenters. The fraction of sp³-hybridized carbons (Fsp3) is 0.150. The standard InChI is InChI=1S/C20H20N2O3/c1-14-12-20(23)22(21-14)17-9-6-15(7-10-17)4-5-16-8-11-18(24-2)19(13-16)25-3/h4-13,21H,1-3H3. The second kappa shape index (κ2) is 7.13. The SMILES string of the molecule is COc1ccc(C=Cc2ccc(-n3[nH]c(C)cc3=O)cc2)cc1OC. The van der Waals surface area contributed by atoms with E-state index >= 15 is 0 Å². The zero-order chi connectivity index (χ0) is 17.8. The van der Waals surface area contributed by atoms with Crippen molar-refractivity contribution < 1.29 is 9.47 Å². The number of H-pyrrole nitrogens is 1. The van der Waals surface area contributed by atoms with Gasteiger partial charge in [0.15, 0.2) is 11.5 Å². The predicted molar refractivity (Wildman–Crippen MR) is 99.6 cm³/mol. The smallest absolute Gasteiger partial charge is 0.271 e. The fourth-order valence-corrected chi connectivity index (χ4v) is 2.59. The van der Waals surface area contributed by atoms with Crippen molar-refractivity contribution in [3.63, 3.8) is 0 Å². The molecule has 0 aliphatic heterocycles. The molecule has 1 aromatic heterocycles. The molecular formula is C20H20N2O3. The van der Waals surface area contributed by atoms with Crippen LogP contribution in [0.3, 0.4) is 0 Å². The summed E-state index contributed by atoms with van der Waals surface area (Å²) >= 11 is 0. The second-order valence-electron chi connectivity index (χ2n) is 5.65. The Bertz CT molecular complexity index is 950. The van der Waals surface area contributed by atoms with Crippen molar-refractivity contribution in [2.24, 2.45) is 0 Å². The molecule has 1 N–H and O–H groups in total. The van der Waals surface area contributed by atoms with Crippen LogP contribution in [0.25, 0.3) is 17.8 Å². The van der Waals surface area contributed by atoms with Crippen molar-refractivity contribution in [2.75, 3.05) is 14.2 Å². The molecule has 0 fully saturated rings. The molecule has 5 heteroatoms. The highest BCUT2D eigenvalue weighted by Crippen LogP contribution is 2.28. The summed E-state index contributed by atoms with van der Waals surface area (Å²) in [4.78, 5) is 11.8. The van der Waals surface area contributed by atoms with Gasteiger partial charge in [-0.05, 0) is 42.3 Å². The Labute approximate surface area is 146 Å². The Kier molecular flexibility index (Phi) is 4.75. The molecule has 0 saturated carbocycles. The maximum absolute atomic E-state index is 11.8. The third kappa shape index (κ3) is 3.66. The number of aromatic amines is 1. The monoisotopic (exact) mass is 336 g/mol. The van der Waals surface area contributed by atoms with E-state index in [2.05, 4.69) is 5.10 Å². The first-order chi connectivity index (χ1) is 12.1. The highest BCUT2D eigenvalue weighted by Gasteiger charge is 2.03. The van der Waals surface area contributed by atoms with Crippen molar-refractivity contribution in [3.05, 3.63) is 75.7 Å². The van der Waals surface area contributed by atoms with Crippen LogP contribution in [0, 0.1) is 6.92 Å². The Balaban J connectivity index is 1.80. The Morgan fingerprint density at radius 2 is 1.52 bits per heavy atom. The van der Waals surface area contributed by atoms with Crippen molar-refractivity contribution >= 4 is 12.2 Å². The Hall–Kier alpha value is -3.21. The van der Waals surface area contributed by atoms with Gasteiger partial charge in [0, 0.05) is 11.8 Å². The summed E-state index contributed by atoms with van der Waals surface area (Å²) in [6.07, 6.45) is 4.01. The lowest BCUT2D eigenvalue weighted by molar-refractivity contribution is 0.355. The summed E-state index contributed by atoms with van der Waals surface area (Å²) in [6, 6.07) is 15.1. The number of nitrogens with zero attached hydrogens (tertiary/aromatic N) is 1. The minimum Gasteiger partial charge on any atom is -0.493 e. The van der Waals surface area contributed by atoms with E-state index in [4.69, 9.17) is 9.47 Å². The van der Waals surface area contributed by atoms with Crippen LogP contribution < -0.4 is 15.0 Å². The van der Waals surface area contributed by atoms with E-state index in [0.29, 0.717) is 11.5 Å². The summed E-state index contributed by atoms with van der Waals surface area (Å²) in [5.41, 5.74) is 3.63. The zero-order valence-corrected chi connectivity index (χ0v) is 14.4. The molecule has 0 saturated heterocycles. The molecule has 3 aromatic rings. The topological polar surface area (TPSA) is 56.2 Å². The highest BCUT2D eigenvalue weighted by atomic mass is 16.5. The summed E-state index contributed by atoms with van der Waals surface area (Å²) in [5, 5.41) is 3.02. The first kappa shape index (κ1) is 16.6. The summed E-state index contributed by atoms with van der Waals surface area (Å²) in [5.74, 6) is 1.40. The van der Waals surface area contributed by atoms with Gasteiger partial charge in [0.05, 0.1) is 19.9 Å². The van der Waals surface area contributed by atoms with Crippen LogP contribution in [0.1, 0.15) is 16.8 Å². The lowest BCUT2D eigenvalue weighted by Gasteiger charge is -2.07. The zero-order valence-electron chi connectivity index (χ0n) is 14.4. The van der Waals surface area contributed by atoms with Gasteiger partial charge in [-0.3, -0.25) is 9.89 Å². The van der Waals surface area contributed by atoms with Crippen LogP contribution in [0.5, 0.6) is 11.5 Å². The summed E-state index contributed by atoms with van der Waals surface area (Å²) in [7, 11) is 3.24. The fourth-order valence-electron chi connectivity index (χ4n) is 2.59. The summed E-state index contributed by atoms with van der Waals surface area (Å²) in [6.45, 7) is 1.86. The van der Waals surface area contributed by atoms with Crippen LogP contribution in [-0.4, -0.2) is 24.0 Å². The molecule has 0 aliphatic rings. The molecule has 25 heavy (non-hydrogen) atoms. The molecule has 1 heterocycles. The van der Waals surface area contributed by atoms with E-state index < -0.39 is 0 Å². The number of rotatable bonds is 5. The quantitative estimate of drug-likeness (QED) is 0.724. The molecule has 128 valence electrons. The van der Waals surface area contributed by atoms with Gasteiger partial charge in [0.25, 0.3) is 5.56 Å². The van der Waals surface area contributed by atoms with Gasteiger partial charge < -0.3 is 9.47 Å². The van der Waals surface area contributed by atoms with Crippen LogP contribution >= 0.6 is 0 Å². The van der Waals surface area contributed by atoms with Gasteiger partial charge in [-0.25, -0.2) is 4.68 Å². The third-order valence-electron chi connectivity index (χ3n) is 3.88.